The number of hydrogen-bond donors (Lipinski definition) is 1. The second kappa shape index (κ2) is 7.07. The second-order valence-electron chi connectivity index (χ2n) is 4.58. The highest BCUT2D eigenvalue weighted by atomic mass is 16.5. The van der Waals surface area contributed by atoms with Crippen molar-refractivity contribution in [1.82, 2.24) is 10.2 Å². The summed E-state index contributed by atoms with van der Waals surface area (Å²) >= 11 is 0. The molecular formula is C15H20N2O2. The van der Waals surface area contributed by atoms with Crippen LogP contribution in [0.5, 0.6) is 0 Å². The lowest BCUT2D eigenvalue weighted by Crippen LogP contribution is -2.35. The number of nitrogens with one attached hydrogen (secondary N) is 1. The van der Waals surface area contributed by atoms with E-state index in [-0.39, 0.29) is 5.91 Å². The van der Waals surface area contributed by atoms with E-state index in [1.165, 1.54) is 5.56 Å². The first-order chi connectivity index (χ1) is 9.29. The van der Waals surface area contributed by atoms with Crippen LogP contribution >= 0.6 is 0 Å². The summed E-state index contributed by atoms with van der Waals surface area (Å²) in [6.07, 6.45) is 1.67. The predicted octanol–water partition coefficient (Wildman–Crippen LogP) is 1.43. The Morgan fingerprint density at radius 1 is 1.32 bits per heavy atom. The third kappa shape index (κ3) is 4.19. The molecule has 1 aliphatic heterocycles. The number of rotatable bonds is 5. The third-order valence-electron chi connectivity index (χ3n) is 3.13. The van der Waals surface area contributed by atoms with Crippen LogP contribution in [0, 0.1) is 0 Å². The van der Waals surface area contributed by atoms with Crippen LogP contribution in [0.4, 0.5) is 0 Å². The summed E-state index contributed by atoms with van der Waals surface area (Å²) in [7, 11) is 0. The first-order valence-corrected chi connectivity index (χ1v) is 6.58. The SMILES string of the molecule is C=CCNC(=O)c1ccc(CN2CCOCC2)cc1. The van der Waals surface area contributed by atoms with Gasteiger partial charge >= 0.3 is 0 Å². The van der Waals surface area contributed by atoms with Gasteiger partial charge < -0.3 is 10.1 Å². The Labute approximate surface area is 114 Å². The number of amides is 1. The van der Waals surface area contributed by atoms with E-state index in [2.05, 4.69) is 16.8 Å². The largest absolute Gasteiger partial charge is 0.379 e. The summed E-state index contributed by atoms with van der Waals surface area (Å²) in [6.45, 7) is 8.55. The Bertz CT molecular complexity index is 422. The van der Waals surface area contributed by atoms with Crippen molar-refractivity contribution < 1.29 is 9.53 Å². The van der Waals surface area contributed by atoms with Gasteiger partial charge in [-0.2, -0.15) is 0 Å². The van der Waals surface area contributed by atoms with Crippen LogP contribution in [0.2, 0.25) is 0 Å². The Kier molecular flexibility index (Phi) is 5.12. The van der Waals surface area contributed by atoms with E-state index < -0.39 is 0 Å². The zero-order valence-corrected chi connectivity index (χ0v) is 11.1. The fraction of sp³-hybridized carbons (Fsp3) is 0.400. The lowest BCUT2D eigenvalue weighted by molar-refractivity contribution is 0.0342. The van der Waals surface area contributed by atoms with Gasteiger partial charge in [-0.1, -0.05) is 18.2 Å². The summed E-state index contributed by atoms with van der Waals surface area (Å²) < 4.78 is 5.32. The molecule has 0 unspecified atom stereocenters. The molecule has 0 atom stereocenters. The van der Waals surface area contributed by atoms with Crippen LogP contribution in [0.3, 0.4) is 0 Å². The maximum Gasteiger partial charge on any atom is 0.251 e. The zero-order valence-electron chi connectivity index (χ0n) is 11.1. The number of hydrogen-bond acceptors (Lipinski definition) is 3. The van der Waals surface area contributed by atoms with Crippen molar-refractivity contribution in [1.29, 1.82) is 0 Å². The van der Waals surface area contributed by atoms with Gasteiger partial charge in [0.1, 0.15) is 0 Å². The summed E-state index contributed by atoms with van der Waals surface area (Å²) in [5.41, 5.74) is 1.91. The molecule has 0 spiro atoms. The lowest BCUT2D eigenvalue weighted by Gasteiger charge is -2.26. The van der Waals surface area contributed by atoms with Crippen molar-refractivity contribution in [3.05, 3.63) is 48.0 Å². The number of nitrogens with zero attached hydrogens (tertiary/aromatic N) is 1. The van der Waals surface area contributed by atoms with Crippen LogP contribution in [0.15, 0.2) is 36.9 Å². The molecule has 1 aromatic rings. The van der Waals surface area contributed by atoms with E-state index in [1.54, 1.807) is 6.08 Å². The fourth-order valence-electron chi connectivity index (χ4n) is 2.05. The van der Waals surface area contributed by atoms with E-state index >= 15 is 0 Å². The molecule has 0 saturated carbocycles. The topological polar surface area (TPSA) is 41.6 Å². The van der Waals surface area contributed by atoms with Crippen LogP contribution in [0.1, 0.15) is 15.9 Å². The molecular weight excluding hydrogens is 240 g/mol. The molecule has 1 heterocycles. The smallest absolute Gasteiger partial charge is 0.251 e. The van der Waals surface area contributed by atoms with Gasteiger partial charge in [0.25, 0.3) is 5.91 Å². The van der Waals surface area contributed by atoms with Crippen LogP contribution in [0.25, 0.3) is 0 Å². The highest BCUT2D eigenvalue weighted by molar-refractivity contribution is 5.94. The van der Waals surface area contributed by atoms with Crippen molar-refractivity contribution in [3.8, 4) is 0 Å². The first kappa shape index (κ1) is 13.8. The molecule has 102 valence electrons. The average molecular weight is 260 g/mol. The van der Waals surface area contributed by atoms with Gasteiger partial charge in [0.15, 0.2) is 0 Å². The quantitative estimate of drug-likeness (QED) is 0.814. The van der Waals surface area contributed by atoms with Gasteiger partial charge in [-0.15, -0.1) is 6.58 Å². The minimum Gasteiger partial charge on any atom is -0.379 e. The van der Waals surface area contributed by atoms with E-state index in [1.807, 2.05) is 24.3 Å². The van der Waals surface area contributed by atoms with Gasteiger partial charge in [0.05, 0.1) is 13.2 Å². The molecule has 0 radical (unpaired) electrons. The van der Waals surface area contributed by atoms with Gasteiger partial charge in [-0.05, 0) is 17.7 Å². The highest BCUT2D eigenvalue weighted by Crippen LogP contribution is 2.09. The molecule has 2 rings (SSSR count). The van der Waals surface area contributed by atoms with Crippen LogP contribution < -0.4 is 5.32 Å². The number of morpholine rings is 1. The molecule has 4 nitrogen and oxygen atoms in total. The average Bonchev–Trinajstić information content (AvgIpc) is 2.46. The Morgan fingerprint density at radius 2 is 2.00 bits per heavy atom. The van der Waals surface area contributed by atoms with E-state index in [0.717, 1.165) is 32.8 Å². The molecule has 1 N–H and O–H groups in total. The van der Waals surface area contributed by atoms with Crippen molar-refractivity contribution in [2.45, 2.75) is 6.54 Å². The van der Waals surface area contributed by atoms with Gasteiger partial charge in [-0.3, -0.25) is 9.69 Å². The summed E-state index contributed by atoms with van der Waals surface area (Å²) in [6, 6.07) is 7.76. The molecule has 0 aliphatic carbocycles. The molecule has 1 amide bonds. The zero-order chi connectivity index (χ0) is 13.5. The highest BCUT2D eigenvalue weighted by Gasteiger charge is 2.11. The second-order valence-corrected chi connectivity index (χ2v) is 4.58. The maximum atomic E-state index is 11.7. The monoisotopic (exact) mass is 260 g/mol. The number of carbonyl (C=O) groups excluding carboxylic acids is 1. The van der Waals surface area contributed by atoms with Gasteiger partial charge in [0, 0.05) is 31.7 Å². The number of carbonyl (C=O) groups is 1. The fourth-order valence-corrected chi connectivity index (χ4v) is 2.05. The number of benzene rings is 1. The van der Waals surface area contributed by atoms with Crippen molar-refractivity contribution in [2.24, 2.45) is 0 Å². The summed E-state index contributed by atoms with van der Waals surface area (Å²) in [4.78, 5) is 14.1. The third-order valence-corrected chi connectivity index (χ3v) is 3.13. The number of ether oxygens (including phenoxy) is 1. The molecule has 1 aromatic carbocycles. The molecule has 1 fully saturated rings. The minimum absolute atomic E-state index is 0.0576. The Hall–Kier alpha value is -1.65. The van der Waals surface area contributed by atoms with Gasteiger partial charge in [0.2, 0.25) is 0 Å². The van der Waals surface area contributed by atoms with E-state index in [4.69, 9.17) is 4.74 Å². The van der Waals surface area contributed by atoms with Crippen LogP contribution in [-0.2, 0) is 11.3 Å². The molecule has 0 aromatic heterocycles. The van der Waals surface area contributed by atoms with Crippen molar-refractivity contribution in [2.75, 3.05) is 32.8 Å². The van der Waals surface area contributed by atoms with E-state index in [9.17, 15) is 4.79 Å². The maximum absolute atomic E-state index is 11.7. The minimum atomic E-state index is -0.0576. The first-order valence-electron chi connectivity index (χ1n) is 6.58. The van der Waals surface area contributed by atoms with Crippen molar-refractivity contribution >= 4 is 5.91 Å². The molecule has 0 bridgehead atoms. The predicted molar refractivity (Wildman–Crippen MR) is 75.1 cm³/mol. The lowest BCUT2D eigenvalue weighted by atomic mass is 10.1. The molecule has 1 saturated heterocycles. The Balaban J connectivity index is 1.90. The van der Waals surface area contributed by atoms with Gasteiger partial charge in [-0.25, -0.2) is 0 Å². The summed E-state index contributed by atoms with van der Waals surface area (Å²) in [5.74, 6) is -0.0576. The summed E-state index contributed by atoms with van der Waals surface area (Å²) in [5, 5.41) is 2.77. The molecule has 1 aliphatic rings. The normalized spacial score (nSPS) is 16.0. The van der Waals surface area contributed by atoms with E-state index in [0.29, 0.717) is 12.1 Å². The standard InChI is InChI=1S/C15H20N2O2/c1-2-7-16-15(18)14-5-3-13(4-6-14)12-17-8-10-19-11-9-17/h2-6H,1,7-12H2,(H,16,18). The van der Waals surface area contributed by atoms with Crippen LogP contribution in [-0.4, -0.2) is 43.7 Å². The molecule has 19 heavy (non-hydrogen) atoms. The van der Waals surface area contributed by atoms with Crippen molar-refractivity contribution in [3.63, 3.8) is 0 Å². The Morgan fingerprint density at radius 3 is 2.63 bits per heavy atom. The molecule has 4 heteroatoms.